The fourth-order valence-corrected chi connectivity index (χ4v) is 5.49. The summed E-state index contributed by atoms with van der Waals surface area (Å²) in [4.78, 5) is 21.0. The van der Waals surface area contributed by atoms with Crippen molar-refractivity contribution in [1.82, 2.24) is 9.97 Å². The van der Waals surface area contributed by atoms with Crippen LogP contribution in [0.15, 0.2) is 66.9 Å². The van der Waals surface area contributed by atoms with Crippen LogP contribution in [-0.2, 0) is 16.1 Å². The van der Waals surface area contributed by atoms with Crippen LogP contribution >= 0.6 is 0 Å². The van der Waals surface area contributed by atoms with Gasteiger partial charge in [0, 0.05) is 42.0 Å². The molecule has 1 N–H and O–H groups in total. The average molecular weight is 525 g/mol. The maximum absolute atomic E-state index is 11.4. The first-order valence-corrected chi connectivity index (χ1v) is 13.6. The molecule has 4 aromatic rings. The summed E-state index contributed by atoms with van der Waals surface area (Å²) in [5.74, 6) is 0.373. The molecule has 0 spiro atoms. The lowest BCUT2D eigenvalue weighted by Gasteiger charge is -2.33. The number of hydrogen-bond donors (Lipinski definition) is 1. The Morgan fingerprint density at radius 2 is 1.82 bits per heavy atom. The van der Waals surface area contributed by atoms with Gasteiger partial charge in [-0.25, -0.2) is 4.98 Å². The second kappa shape index (κ2) is 11.0. The van der Waals surface area contributed by atoms with Crippen LogP contribution in [-0.4, -0.2) is 40.4 Å². The number of aliphatic carboxylic acids is 1. The van der Waals surface area contributed by atoms with E-state index in [1.807, 2.05) is 61.7 Å². The van der Waals surface area contributed by atoms with E-state index in [-0.39, 0.29) is 17.9 Å². The van der Waals surface area contributed by atoms with Gasteiger partial charge in [-0.1, -0.05) is 30.3 Å². The van der Waals surface area contributed by atoms with Gasteiger partial charge in [0.25, 0.3) is 0 Å². The lowest BCUT2D eigenvalue weighted by molar-refractivity contribution is -0.148. The largest absolute Gasteiger partial charge is 0.489 e. The van der Waals surface area contributed by atoms with Crippen LogP contribution in [0.4, 0.5) is 0 Å². The summed E-state index contributed by atoms with van der Waals surface area (Å²) in [7, 11) is 0. The van der Waals surface area contributed by atoms with E-state index in [0.717, 1.165) is 57.4 Å². The zero-order valence-corrected chi connectivity index (χ0v) is 22.0. The standard InChI is InChI=1S/C32H32N2O5/c1-20-15-23(9-12-33-20)29-27-8-7-25(38-19-21-5-3-2-4-6-21)18-28(27)31(39-26-16-24(17-26)32(35)36)34-30(29)22-10-13-37-14-11-22/h2-9,12,15,18,22,24,26H,10-11,13-14,16-17,19H2,1H3,(H,35,36). The van der Waals surface area contributed by atoms with E-state index in [2.05, 4.69) is 17.1 Å². The monoisotopic (exact) mass is 524 g/mol. The summed E-state index contributed by atoms with van der Waals surface area (Å²) in [6.45, 7) is 3.85. The summed E-state index contributed by atoms with van der Waals surface area (Å²) in [5.41, 5.74) is 5.18. The number of benzene rings is 2. The maximum Gasteiger partial charge on any atom is 0.306 e. The summed E-state index contributed by atoms with van der Waals surface area (Å²) >= 11 is 0. The van der Waals surface area contributed by atoms with Crippen molar-refractivity contribution in [3.63, 3.8) is 0 Å². The van der Waals surface area contributed by atoms with Crippen molar-refractivity contribution in [2.75, 3.05) is 13.2 Å². The third-order valence-electron chi connectivity index (χ3n) is 7.73. The Morgan fingerprint density at radius 1 is 1.03 bits per heavy atom. The third-order valence-corrected chi connectivity index (χ3v) is 7.73. The number of fused-ring (bicyclic) bond motifs is 1. The third kappa shape index (κ3) is 5.45. The molecule has 1 saturated heterocycles. The first kappa shape index (κ1) is 25.3. The first-order valence-electron chi connectivity index (χ1n) is 13.6. The molecule has 0 radical (unpaired) electrons. The lowest BCUT2D eigenvalue weighted by atomic mass is 9.82. The molecule has 0 bridgehead atoms. The number of nitrogens with zero attached hydrogens (tertiary/aromatic N) is 2. The van der Waals surface area contributed by atoms with Crippen molar-refractivity contribution >= 4 is 16.7 Å². The molecule has 1 aliphatic heterocycles. The van der Waals surface area contributed by atoms with Gasteiger partial charge in [0.05, 0.1) is 11.6 Å². The number of hydrogen-bond acceptors (Lipinski definition) is 6. The van der Waals surface area contributed by atoms with E-state index in [0.29, 0.717) is 38.5 Å². The Hall–Kier alpha value is -3.97. The number of carbonyl (C=O) groups is 1. The summed E-state index contributed by atoms with van der Waals surface area (Å²) in [6, 6.07) is 20.3. The molecule has 2 aromatic carbocycles. The number of rotatable bonds is 8. The van der Waals surface area contributed by atoms with Crippen molar-refractivity contribution < 1.29 is 24.1 Å². The van der Waals surface area contributed by atoms with Gasteiger partial charge in [-0.3, -0.25) is 9.78 Å². The van der Waals surface area contributed by atoms with Crippen LogP contribution < -0.4 is 9.47 Å². The Balaban J connectivity index is 1.45. The molecule has 7 nitrogen and oxygen atoms in total. The SMILES string of the molecule is Cc1cc(-c2c(C3CCOCC3)nc(OC3CC(C(=O)O)C3)c3cc(OCc4ccccc4)ccc23)ccn1. The van der Waals surface area contributed by atoms with E-state index < -0.39 is 5.97 Å². The molecule has 2 fully saturated rings. The molecular formula is C32H32N2O5. The molecule has 0 amide bonds. The minimum absolute atomic E-state index is 0.174. The zero-order valence-electron chi connectivity index (χ0n) is 22.0. The van der Waals surface area contributed by atoms with Gasteiger partial charge in [0.15, 0.2) is 0 Å². The van der Waals surface area contributed by atoms with Gasteiger partial charge < -0.3 is 19.3 Å². The van der Waals surface area contributed by atoms with Crippen LogP contribution in [0.3, 0.4) is 0 Å². The molecule has 1 aliphatic carbocycles. The van der Waals surface area contributed by atoms with Crippen molar-refractivity contribution in [1.29, 1.82) is 0 Å². The molecule has 1 saturated carbocycles. The predicted molar refractivity (Wildman–Crippen MR) is 148 cm³/mol. The highest BCUT2D eigenvalue weighted by Crippen LogP contribution is 2.44. The van der Waals surface area contributed by atoms with Crippen LogP contribution in [0.1, 0.15) is 48.6 Å². The molecule has 7 heteroatoms. The van der Waals surface area contributed by atoms with Gasteiger partial charge in [0.2, 0.25) is 5.88 Å². The molecule has 39 heavy (non-hydrogen) atoms. The van der Waals surface area contributed by atoms with Crippen molar-refractivity contribution in [2.45, 2.75) is 51.2 Å². The van der Waals surface area contributed by atoms with Gasteiger partial charge in [-0.2, -0.15) is 0 Å². The van der Waals surface area contributed by atoms with Crippen LogP contribution in [0, 0.1) is 12.8 Å². The van der Waals surface area contributed by atoms with Crippen molar-refractivity contribution in [3.05, 3.63) is 83.8 Å². The van der Waals surface area contributed by atoms with Gasteiger partial charge in [-0.15, -0.1) is 0 Å². The lowest BCUT2D eigenvalue weighted by Crippen LogP contribution is -2.38. The molecule has 0 atom stereocenters. The number of carboxylic acids is 1. The number of pyridine rings is 2. The smallest absolute Gasteiger partial charge is 0.306 e. The van der Waals surface area contributed by atoms with E-state index >= 15 is 0 Å². The first-order chi connectivity index (χ1) is 19.0. The quantitative estimate of drug-likeness (QED) is 0.288. The molecule has 0 unspecified atom stereocenters. The molecule has 2 aromatic heterocycles. The van der Waals surface area contributed by atoms with Gasteiger partial charge in [-0.05, 0) is 79.5 Å². The fraction of sp³-hybridized carbons (Fsp3) is 0.344. The fourth-order valence-electron chi connectivity index (χ4n) is 5.49. The van der Waals surface area contributed by atoms with E-state index in [1.165, 1.54) is 0 Å². The highest BCUT2D eigenvalue weighted by atomic mass is 16.5. The Kier molecular flexibility index (Phi) is 7.16. The van der Waals surface area contributed by atoms with Crippen LogP contribution in [0.25, 0.3) is 21.9 Å². The number of aryl methyl sites for hydroxylation is 1. The highest BCUT2D eigenvalue weighted by molar-refractivity contribution is 6.01. The minimum atomic E-state index is -0.768. The minimum Gasteiger partial charge on any atom is -0.489 e. The van der Waals surface area contributed by atoms with Gasteiger partial charge >= 0.3 is 5.97 Å². The van der Waals surface area contributed by atoms with Crippen molar-refractivity contribution in [2.24, 2.45) is 5.92 Å². The van der Waals surface area contributed by atoms with E-state index in [4.69, 9.17) is 19.2 Å². The summed E-state index contributed by atoms with van der Waals surface area (Å²) in [6.07, 6.45) is 4.41. The highest BCUT2D eigenvalue weighted by Gasteiger charge is 2.37. The summed E-state index contributed by atoms with van der Waals surface area (Å²) in [5, 5.41) is 11.3. The average Bonchev–Trinajstić information content (AvgIpc) is 2.94. The summed E-state index contributed by atoms with van der Waals surface area (Å²) < 4.78 is 18.3. The maximum atomic E-state index is 11.4. The second-order valence-electron chi connectivity index (χ2n) is 10.5. The Morgan fingerprint density at radius 3 is 2.56 bits per heavy atom. The molecular weight excluding hydrogens is 492 g/mol. The van der Waals surface area contributed by atoms with Crippen LogP contribution in [0.5, 0.6) is 11.6 Å². The molecule has 2 aliphatic rings. The molecule has 3 heterocycles. The Labute approximate surface area is 227 Å². The normalized spacial score (nSPS) is 19.4. The van der Waals surface area contributed by atoms with E-state index in [1.54, 1.807) is 0 Å². The topological polar surface area (TPSA) is 90.8 Å². The number of aromatic nitrogens is 2. The number of carboxylic acid groups (broad SMARTS) is 1. The molecule has 200 valence electrons. The van der Waals surface area contributed by atoms with Crippen LogP contribution in [0.2, 0.25) is 0 Å². The number of ether oxygens (including phenoxy) is 3. The molecule has 6 rings (SSSR count). The second-order valence-corrected chi connectivity index (χ2v) is 10.5. The predicted octanol–water partition coefficient (Wildman–Crippen LogP) is 6.32. The van der Waals surface area contributed by atoms with Gasteiger partial charge in [0.1, 0.15) is 18.5 Å². The van der Waals surface area contributed by atoms with Crippen molar-refractivity contribution in [3.8, 4) is 22.8 Å². The Bertz CT molecular complexity index is 1480. The zero-order chi connectivity index (χ0) is 26.8. The van der Waals surface area contributed by atoms with E-state index in [9.17, 15) is 9.90 Å².